The number of hydrogen-bond donors (Lipinski definition) is 1. The zero-order chi connectivity index (χ0) is 11.3. The molecular formula is C12H9ClFNO. The second-order valence-corrected chi connectivity index (χ2v) is 4.55. The van der Waals surface area contributed by atoms with Gasteiger partial charge in [0.15, 0.2) is 5.43 Å². The predicted molar refractivity (Wildman–Crippen MR) is 61.5 cm³/mol. The van der Waals surface area contributed by atoms with Crippen LogP contribution in [0.2, 0.25) is 5.02 Å². The van der Waals surface area contributed by atoms with Crippen molar-refractivity contribution in [3.05, 3.63) is 45.0 Å². The third-order valence-corrected chi connectivity index (χ3v) is 3.24. The van der Waals surface area contributed by atoms with Crippen LogP contribution in [0, 0.1) is 5.82 Å². The van der Waals surface area contributed by atoms with Gasteiger partial charge in [-0.1, -0.05) is 11.6 Å². The molecule has 0 unspecified atom stereocenters. The molecule has 0 aliphatic heterocycles. The number of rotatable bonds is 1. The van der Waals surface area contributed by atoms with E-state index >= 15 is 0 Å². The summed E-state index contributed by atoms with van der Waals surface area (Å²) in [6.45, 7) is 0. The highest BCUT2D eigenvalue weighted by molar-refractivity contribution is 6.35. The summed E-state index contributed by atoms with van der Waals surface area (Å²) in [5, 5.41) is 0.438. The molecule has 4 heteroatoms. The number of benzene rings is 1. The number of aromatic nitrogens is 1. The van der Waals surface area contributed by atoms with Gasteiger partial charge < -0.3 is 4.98 Å². The van der Waals surface area contributed by atoms with Crippen LogP contribution >= 0.6 is 11.6 Å². The van der Waals surface area contributed by atoms with E-state index in [0.29, 0.717) is 16.5 Å². The van der Waals surface area contributed by atoms with Crippen molar-refractivity contribution in [2.75, 3.05) is 0 Å². The molecule has 1 heterocycles. The number of hydrogen-bond acceptors (Lipinski definition) is 1. The van der Waals surface area contributed by atoms with Crippen LogP contribution in [0.15, 0.2) is 23.0 Å². The van der Waals surface area contributed by atoms with E-state index < -0.39 is 5.82 Å². The van der Waals surface area contributed by atoms with Gasteiger partial charge in [-0.2, -0.15) is 0 Å². The van der Waals surface area contributed by atoms with Gasteiger partial charge in [-0.05, 0) is 30.9 Å². The van der Waals surface area contributed by atoms with E-state index in [-0.39, 0.29) is 10.8 Å². The molecule has 0 atom stereocenters. The van der Waals surface area contributed by atoms with E-state index in [4.69, 9.17) is 11.6 Å². The molecule has 1 fully saturated rings. The summed E-state index contributed by atoms with van der Waals surface area (Å²) in [5.74, 6) is -0.112. The van der Waals surface area contributed by atoms with Crippen LogP contribution in [0.1, 0.15) is 24.5 Å². The van der Waals surface area contributed by atoms with Crippen molar-refractivity contribution in [3.8, 4) is 0 Å². The smallest absolute Gasteiger partial charge is 0.192 e. The van der Waals surface area contributed by atoms with Crippen LogP contribution < -0.4 is 5.43 Å². The molecule has 0 saturated heterocycles. The lowest BCUT2D eigenvalue weighted by molar-refractivity contribution is 0.639. The SMILES string of the molecule is O=c1cc(C2CC2)[nH]c2c(Cl)ccc(F)c12. The Morgan fingerprint density at radius 1 is 1.38 bits per heavy atom. The van der Waals surface area contributed by atoms with Crippen LogP contribution in [0.3, 0.4) is 0 Å². The third kappa shape index (κ3) is 1.43. The first-order valence-electron chi connectivity index (χ1n) is 5.18. The van der Waals surface area contributed by atoms with Gasteiger partial charge in [-0.3, -0.25) is 4.79 Å². The Morgan fingerprint density at radius 2 is 2.12 bits per heavy atom. The van der Waals surface area contributed by atoms with Gasteiger partial charge in [-0.15, -0.1) is 0 Å². The fraction of sp³-hybridized carbons (Fsp3) is 0.250. The highest BCUT2D eigenvalue weighted by Gasteiger charge is 2.25. The Balaban J connectivity index is 2.41. The maximum atomic E-state index is 13.5. The summed E-state index contributed by atoms with van der Waals surface area (Å²) in [6, 6.07) is 4.17. The minimum atomic E-state index is -0.525. The van der Waals surface area contributed by atoms with Crippen LogP contribution in [0.4, 0.5) is 4.39 Å². The van der Waals surface area contributed by atoms with Crippen LogP contribution in [0.25, 0.3) is 10.9 Å². The molecule has 2 aromatic rings. The molecule has 3 rings (SSSR count). The van der Waals surface area contributed by atoms with Gasteiger partial charge in [0.25, 0.3) is 0 Å². The third-order valence-electron chi connectivity index (χ3n) is 2.92. The number of nitrogens with one attached hydrogen (secondary N) is 1. The van der Waals surface area contributed by atoms with Crippen molar-refractivity contribution in [3.63, 3.8) is 0 Å². The zero-order valence-corrected chi connectivity index (χ0v) is 9.14. The summed E-state index contributed by atoms with van der Waals surface area (Å²) in [4.78, 5) is 14.9. The summed E-state index contributed by atoms with van der Waals surface area (Å²) >= 11 is 5.96. The van der Waals surface area contributed by atoms with Gasteiger partial charge in [0.05, 0.1) is 15.9 Å². The molecule has 16 heavy (non-hydrogen) atoms. The summed E-state index contributed by atoms with van der Waals surface area (Å²) in [5.41, 5.74) is 0.983. The maximum absolute atomic E-state index is 13.5. The molecule has 0 amide bonds. The Morgan fingerprint density at radius 3 is 2.81 bits per heavy atom. The van der Waals surface area contributed by atoms with E-state index in [1.807, 2.05) is 0 Å². The van der Waals surface area contributed by atoms with Crippen molar-refractivity contribution in [2.45, 2.75) is 18.8 Å². The monoisotopic (exact) mass is 237 g/mol. The van der Waals surface area contributed by atoms with E-state index in [9.17, 15) is 9.18 Å². The standard InChI is InChI=1S/C12H9ClFNO/c13-7-3-4-8(14)11-10(16)5-9(6-1-2-6)15-12(7)11/h3-6H,1-2H2,(H,15,16). The van der Waals surface area contributed by atoms with Gasteiger partial charge >= 0.3 is 0 Å². The molecule has 0 bridgehead atoms. The molecule has 0 radical (unpaired) electrons. The molecule has 1 saturated carbocycles. The Kier molecular flexibility index (Phi) is 2.04. The molecule has 1 aromatic carbocycles. The van der Waals surface area contributed by atoms with Crippen molar-refractivity contribution >= 4 is 22.5 Å². The van der Waals surface area contributed by atoms with Crippen LogP contribution in [0.5, 0.6) is 0 Å². The number of halogens is 2. The van der Waals surface area contributed by atoms with E-state index in [2.05, 4.69) is 4.98 Å². The van der Waals surface area contributed by atoms with Gasteiger partial charge in [0, 0.05) is 11.8 Å². The second-order valence-electron chi connectivity index (χ2n) is 4.14. The largest absolute Gasteiger partial charge is 0.357 e. The van der Waals surface area contributed by atoms with Crippen molar-refractivity contribution < 1.29 is 4.39 Å². The van der Waals surface area contributed by atoms with Gasteiger partial charge in [0.2, 0.25) is 0 Å². The van der Waals surface area contributed by atoms with E-state index in [0.717, 1.165) is 18.5 Å². The van der Waals surface area contributed by atoms with E-state index in [1.54, 1.807) is 0 Å². The first-order valence-corrected chi connectivity index (χ1v) is 5.55. The first kappa shape index (κ1) is 9.85. The number of aromatic amines is 1. The van der Waals surface area contributed by atoms with Crippen molar-refractivity contribution in [2.24, 2.45) is 0 Å². The summed E-state index contributed by atoms with van der Waals surface area (Å²) in [7, 11) is 0. The van der Waals surface area contributed by atoms with Crippen LogP contribution in [-0.4, -0.2) is 4.98 Å². The van der Waals surface area contributed by atoms with Crippen molar-refractivity contribution in [1.29, 1.82) is 0 Å². The highest BCUT2D eigenvalue weighted by atomic mass is 35.5. The topological polar surface area (TPSA) is 32.9 Å². The quantitative estimate of drug-likeness (QED) is 0.812. The fourth-order valence-corrected chi connectivity index (χ4v) is 2.13. The molecule has 1 aliphatic rings. The minimum Gasteiger partial charge on any atom is -0.357 e. The molecule has 2 nitrogen and oxygen atoms in total. The first-order chi connectivity index (χ1) is 7.66. The summed E-state index contributed by atoms with van der Waals surface area (Å²) < 4.78 is 13.5. The Bertz CT molecular complexity index is 631. The Hall–Kier alpha value is -1.35. The average Bonchev–Trinajstić information content (AvgIpc) is 3.06. The van der Waals surface area contributed by atoms with Crippen LogP contribution in [-0.2, 0) is 0 Å². The van der Waals surface area contributed by atoms with Gasteiger partial charge in [0.1, 0.15) is 5.82 Å². The number of fused-ring (bicyclic) bond motifs is 1. The lowest BCUT2D eigenvalue weighted by Gasteiger charge is -2.05. The molecular weight excluding hydrogens is 229 g/mol. The molecule has 82 valence electrons. The normalized spacial score (nSPS) is 15.6. The Labute approximate surface area is 96.1 Å². The second kappa shape index (κ2) is 3.32. The number of H-pyrrole nitrogens is 1. The molecule has 0 spiro atoms. The summed E-state index contributed by atoms with van der Waals surface area (Å²) in [6.07, 6.45) is 2.16. The lowest BCUT2D eigenvalue weighted by Crippen LogP contribution is -2.06. The highest BCUT2D eigenvalue weighted by Crippen LogP contribution is 2.39. The maximum Gasteiger partial charge on any atom is 0.192 e. The van der Waals surface area contributed by atoms with E-state index in [1.165, 1.54) is 18.2 Å². The average molecular weight is 238 g/mol. The lowest BCUT2D eigenvalue weighted by atomic mass is 10.1. The number of pyridine rings is 1. The molecule has 1 N–H and O–H groups in total. The predicted octanol–water partition coefficient (Wildman–Crippen LogP) is 3.20. The fourth-order valence-electron chi connectivity index (χ4n) is 1.92. The van der Waals surface area contributed by atoms with Gasteiger partial charge in [-0.25, -0.2) is 4.39 Å². The molecule has 1 aromatic heterocycles. The minimum absolute atomic E-state index is 0.0527. The van der Waals surface area contributed by atoms with Crippen molar-refractivity contribution in [1.82, 2.24) is 4.98 Å². The molecule has 1 aliphatic carbocycles. The zero-order valence-electron chi connectivity index (χ0n) is 8.39.